The molecule has 4 nitrogen and oxygen atoms in total. The predicted molar refractivity (Wildman–Crippen MR) is 68.1 cm³/mol. The molecule has 0 unspecified atom stereocenters. The summed E-state index contributed by atoms with van der Waals surface area (Å²) in [6.07, 6.45) is 2.13. The van der Waals surface area contributed by atoms with Crippen LogP contribution in [0.15, 0.2) is 12.3 Å². The van der Waals surface area contributed by atoms with E-state index in [1.165, 1.54) is 17.7 Å². The molecular formula is C13H20F3N3O. The summed E-state index contributed by atoms with van der Waals surface area (Å²) in [6.45, 7) is -1.21. The van der Waals surface area contributed by atoms with Crippen molar-refractivity contribution in [1.82, 2.24) is 14.7 Å². The number of aromatic nitrogens is 2. The summed E-state index contributed by atoms with van der Waals surface area (Å²) in [6, 6.07) is 2.15. The molecule has 0 radical (unpaired) electrons. The van der Waals surface area contributed by atoms with Crippen molar-refractivity contribution >= 4 is 0 Å². The fourth-order valence-corrected chi connectivity index (χ4v) is 2.67. The van der Waals surface area contributed by atoms with Crippen LogP contribution in [0.1, 0.15) is 37.4 Å². The van der Waals surface area contributed by atoms with E-state index < -0.39 is 12.7 Å². The third kappa shape index (κ3) is 4.49. The zero-order valence-electron chi connectivity index (χ0n) is 11.3. The first-order valence-electron chi connectivity index (χ1n) is 6.92. The molecule has 1 aromatic heterocycles. The molecule has 1 saturated carbocycles. The molecule has 0 atom stereocenters. The Labute approximate surface area is 116 Å². The van der Waals surface area contributed by atoms with Gasteiger partial charge in [0, 0.05) is 19.3 Å². The zero-order chi connectivity index (χ0) is 14.6. The van der Waals surface area contributed by atoms with Gasteiger partial charge in [-0.3, -0.25) is 9.58 Å². The number of alkyl halides is 3. The largest absolute Gasteiger partial charge is 0.401 e. The van der Waals surface area contributed by atoms with E-state index in [9.17, 15) is 13.2 Å². The fourth-order valence-electron chi connectivity index (χ4n) is 2.67. The van der Waals surface area contributed by atoms with Crippen molar-refractivity contribution in [3.8, 4) is 0 Å². The van der Waals surface area contributed by atoms with Gasteiger partial charge >= 0.3 is 6.18 Å². The minimum absolute atomic E-state index is 0.00417. The Hall–Kier alpha value is -1.08. The average molecular weight is 291 g/mol. The van der Waals surface area contributed by atoms with Crippen LogP contribution >= 0.6 is 0 Å². The van der Waals surface area contributed by atoms with E-state index in [0.717, 1.165) is 12.8 Å². The van der Waals surface area contributed by atoms with E-state index in [1.54, 1.807) is 6.07 Å². The van der Waals surface area contributed by atoms with Crippen molar-refractivity contribution < 1.29 is 18.3 Å². The first-order valence-corrected chi connectivity index (χ1v) is 6.92. The van der Waals surface area contributed by atoms with Gasteiger partial charge in [0.1, 0.15) is 0 Å². The van der Waals surface area contributed by atoms with Gasteiger partial charge in [-0.25, -0.2) is 0 Å². The van der Waals surface area contributed by atoms with Gasteiger partial charge in [0.15, 0.2) is 0 Å². The summed E-state index contributed by atoms with van der Waals surface area (Å²) < 4.78 is 39.2. The Balaban J connectivity index is 1.95. The normalized spacial score (nSPS) is 17.2. The molecular weight excluding hydrogens is 271 g/mol. The molecule has 0 spiro atoms. The van der Waals surface area contributed by atoms with Crippen molar-refractivity contribution in [2.24, 2.45) is 0 Å². The standard InChI is InChI=1S/C13H20F3N3O/c14-13(15,16)10-18(7-8-20)9-11-5-6-19(17-11)12-3-1-2-4-12/h5-6,12,20H,1-4,7-10H2. The minimum Gasteiger partial charge on any atom is -0.395 e. The van der Waals surface area contributed by atoms with Gasteiger partial charge in [-0.1, -0.05) is 12.8 Å². The molecule has 0 bridgehead atoms. The van der Waals surface area contributed by atoms with E-state index in [-0.39, 0.29) is 19.7 Å². The molecule has 0 amide bonds. The van der Waals surface area contributed by atoms with Crippen LogP contribution in [-0.2, 0) is 6.54 Å². The number of hydrogen-bond donors (Lipinski definition) is 1. The van der Waals surface area contributed by atoms with Gasteiger partial charge in [-0.15, -0.1) is 0 Å². The van der Waals surface area contributed by atoms with Gasteiger partial charge in [-0.2, -0.15) is 18.3 Å². The SMILES string of the molecule is OCCN(Cc1ccn(C2CCCC2)n1)CC(F)(F)F. The third-order valence-electron chi connectivity index (χ3n) is 3.57. The van der Waals surface area contributed by atoms with E-state index in [2.05, 4.69) is 5.10 Å². The first kappa shape index (κ1) is 15.3. The summed E-state index contributed by atoms with van der Waals surface area (Å²) in [7, 11) is 0. The lowest BCUT2D eigenvalue weighted by atomic mass is 10.3. The lowest BCUT2D eigenvalue weighted by Crippen LogP contribution is -2.35. The molecule has 1 aliphatic rings. The second-order valence-electron chi connectivity index (χ2n) is 5.27. The van der Waals surface area contributed by atoms with Crippen molar-refractivity contribution in [3.05, 3.63) is 18.0 Å². The summed E-state index contributed by atoms with van der Waals surface area (Å²) in [4.78, 5) is 1.17. The lowest BCUT2D eigenvalue weighted by molar-refractivity contribution is -0.148. The highest BCUT2D eigenvalue weighted by molar-refractivity contribution is 5.00. The van der Waals surface area contributed by atoms with Gasteiger partial charge in [0.25, 0.3) is 0 Å². The van der Waals surface area contributed by atoms with Crippen molar-refractivity contribution in [3.63, 3.8) is 0 Å². The average Bonchev–Trinajstić information content (AvgIpc) is 2.96. The van der Waals surface area contributed by atoms with E-state index in [4.69, 9.17) is 5.11 Å². The van der Waals surface area contributed by atoms with Crippen molar-refractivity contribution in [2.75, 3.05) is 19.7 Å². The van der Waals surface area contributed by atoms with Crippen LogP contribution in [0.5, 0.6) is 0 Å². The Kier molecular flexibility index (Phi) is 5.04. The van der Waals surface area contributed by atoms with Crippen molar-refractivity contribution in [2.45, 2.75) is 44.4 Å². The summed E-state index contributed by atoms with van der Waals surface area (Å²) in [5.41, 5.74) is 0.620. The molecule has 1 aliphatic carbocycles. The summed E-state index contributed by atoms with van der Waals surface area (Å²) >= 11 is 0. The molecule has 1 N–H and O–H groups in total. The topological polar surface area (TPSA) is 41.3 Å². The highest BCUT2D eigenvalue weighted by Gasteiger charge is 2.30. The Morgan fingerprint density at radius 2 is 2.05 bits per heavy atom. The van der Waals surface area contributed by atoms with Crippen LogP contribution in [0.4, 0.5) is 13.2 Å². The smallest absolute Gasteiger partial charge is 0.395 e. The van der Waals surface area contributed by atoms with Crippen LogP contribution in [0.25, 0.3) is 0 Å². The second-order valence-corrected chi connectivity index (χ2v) is 5.27. The molecule has 0 aromatic carbocycles. The Bertz CT molecular complexity index is 413. The second kappa shape index (κ2) is 6.58. The maximum absolute atomic E-state index is 12.4. The third-order valence-corrected chi connectivity index (χ3v) is 3.57. The van der Waals surface area contributed by atoms with Gasteiger partial charge in [-0.05, 0) is 18.9 Å². The monoisotopic (exact) mass is 291 g/mol. The van der Waals surface area contributed by atoms with E-state index in [1.807, 2.05) is 10.9 Å². The zero-order valence-corrected chi connectivity index (χ0v) is 11.3. The molecule has 7 heteroatoms. The van der Waals surface area contributed by atoms with E-state index in [0.29, 0.717) is 11.7 Å². The highest BCUT2D eigenvalue weighted by atomic mass is 19.4. The van der Waals surface area contributed by atoms with Crippen LogP contribution < -0.4 is 0 Å². The van der Waals surface area contributed by atoms with Crippen LogP contribution in [0.2, 0.25) is 0 Å². The van der Waals surface area contributed by atoms with Crippen LogP contribution in [0, 0.1) is 0 Å². The maximum Gasteiger partial charge on any atom is 0.401 e. The fraction of sp³-hybridized carbons (Fsp3) is 0.769. The van der Waals surface area contributed by atoms with Crippen LogP contribution in [-0.4, -0.2) is 45.7 Å². The first-order chi connectivity index (χ1) is 9.48. The molecule has 114 valence electrons. The highest BCUT2D eigenvalue weighted by Crippen LogP contribution is 2.28. The molecule has 0 saturated heterocycles. The molecule has 0 aliphatic heterocycles. The molecule has 1 heterocycles. The Morgan fingerprint density at radius 3 is 2.65 bits per heavy atom. The number of aliphatic hydroxyl groups is 1. The van der Waals surface area contributed by atoms with Gasteiger partial charge in [0.2, 0.25) is 0 Å². The lowest BCUT2D eigenvalue weighted by Gasteiger charge is -2.21. The summed E-state index contributed by atoms with van der Waals surface area (Å²) in [5, 5.41) is 13.2. The number of hydrogen-bond acceptors (Lipinski definition) is 3. The predicted octanol–water partition coefficient (Wildman–Crippen LogP) is 2.35. The Morgan fingerprint density at radius 1 is 1.35 bits per heavy atom. The molecule has 20 heavy (non-hydrogen) atoms. The minimum atomic E-state index is -4.26. The van der Waals surface area contributed by atoms with Gasteiger partial charge in [0.05, 0.1) is 24.9 Å². The number of nitrogens with zero attached hydrogens (tertiary/aromatic N) is 3. The molecule has 2 rings (SSSR count). The molecule has 1 fully saturated rings. The van der Waals surface area contributed by atoms with Gasteiger partial charge < -0.3 is 5.11 Å². The maximum atomic E-state index is 12.4. The van der Waals surface area contributed by atoms with Crippen LogP contribution in [0.3, 0.4) is 0 Å². The van der Waals surface area contributed by atoms with E-state index >= 15 is 0 Å². The summed E-state index contributed by atoms with van der Waals surface area (Å²) in [5.74, 6) is 0. The number of halogens is 3. The molecule has 1 aromatic rings. The van der Waals surface area contributed by atoms with Crippen molar-refractivity contribution in [1.29, 1.82) is 0 Å². The quantitative estimate of drug-likeness (QED) is 0.875. The number of rotatable bonds is 6. The number of aliphatic hydroxyl groups excluding tert-OH is 1.